The zero-order valence-electron chi connectivity index (χ0n) is 14.5. The van der Waals surface area contributed by atoms with Gasteiger partial charge in [-0.05, 0) is 41.0 Å². The molecule has 0 bridgehead atoms. The molecule has 6 heteroatoms. The Morgan fingerprint density at radius 3 is 2.64 bits per heavy atom. The summed E-state index contributed by atoms with van der Waals surface area (Å²) in [5.74, 6) is 0. The highest BCUT2D eigenvalue weighted by Gasteiger charge is 2.19. The van der Waals surface area contributed by atoms with Gasteiger partial charge in [-0.1, -0.05) is 13.3 Å². The predicted molar refractivity (Wildman–Crippen MR) is 91.3 cm³/mol. The quantitative estimate of drug-likeness (QED) is 0.799. The lowest BCUT2D eigenvalue weighted by Gasteiger charge is -2.25. The normalized spacial score (nSPS) is 14.5. The van der Waals surface area contributed by atoms with Crippen molar-refractivity contribution in [3.8, 4) is 0 Å². The van der Waals surface area contributed by atoms with E-state index in [1.807, 2.05) is 33.2 Å². The number of amides is 1. The van der Waals surface area contributed by atoms with Gasteiger partial charge in [0.2, 0.25) is 0 Å². The first kappa shape index (κ1) is 18.9. The fourth-order valence-corrected chi connectivity index (χ4v) is 3.09. The highest BCUT2D eigenvalue weighted by atomic mass is 32.1. The van der Waals surface area contributed by atoms with E-state index in [0.29, 0.717) is 6.54 Å². The van der Waals surface area contributed by atoms with Crippen molar-refractivity contribution in [2.24, 2.45) is 0 Å². The van der Waals surface area contributed by atoms with Crippen LogP contribution in [0.1, 0.15) is 64.1 Å². The lowest BCUT2D eigenvalue weighted by molar-refractivity contribution is 0.0521. The Labute approximate surface area is 137 Å². The topological polar surface area (TPSA) is 63.2 Å². The van der Waals surface area contributed by atoms with E-state index >= 15 is 0 Å². The average molecular weight is 327 g/mol. The van der Waals surface area contributed by atoms with Crippen LogP contribution in [-0.4, -0.2) is 29.3 Å². The maximum atomic E-state index is 11.8. The maximum Gasteiger partial charge on any atom is 0.407 e. The smallest absolute Gasteiger partial charge is 0.407 e. The van der Waals surface area contributed by atoms with Gasteiger partial charge in [-0.15, -0.1) is 11.3 Å². The standard InChI is InChI=1S/C16H29N3O2S/c1-7-8-13(9-17-15(20)21-16(4,5)6)19-12(3)14-11(2)18-10-22-14/h10,12-13,19H,7-9H2,1-6H3,(H,17,20). The number of aromatic nitrogens is 1. The van der Waals surface area contributed by atoms with Gasteiger partial charge in [0.1, 0.15) is 5.60 Å². The van der Waals surface area contributed by atoms with E-state index in [4.69, 9.17) is 4.74 Å². The Morgan fingerprint density at radius 2 is 2.14 bits per heavy atom. The van der Waals surface area contributed by atoms with Crippen LogP contribution in [-0.2, 0) is 4.74 Å². The van der Waals surface area contributed by atoms with E-state index < -0.39 is 5.60 Å². The number of carbonyl (C=O) groups excluding carboxylic acids is 1. The van der Waals surface area contributed by atoms with Crippen LogP contribution in [0.3, 0.4) is 0 Å². The third kappa shape index (κ3) is 6.75. The summed E-state index contributed by atoms with van der Waals surface area (Å²) in [6.07, 6.45) is 1.69. The van der Waals surface area contributed by atoms with Gasteiger partial charge >= 0.3 is 6.09 Å². The van der Waals surface area contributed by atoms with Gasteiger partial charge in [0.05, 0.1) is 11.2 Å². The molecule has 2 atom stereocenters. The van der Waals surface area contributed by atoms with Crippen LogP contribution in [0, 0.1) is 6.92 Å². The van der Waals surface area contributed by atoms with E-state index in [-0.39, 0.29) is 18.2 Å². The minimum atomic E-state index is -0.467. The zero-order valence-corrected chi connectivity index (χ0v) is 15.3. The first-order valence-corrected chi connectivity index (χ1v) is 8.73. The van der Waals surface area contributed by atoms with Crippen molar-refractivity contribution < 1.29 is 9.53 Å². The van der Waals surface area contributed by atoms with Gasteiger partial charge in [-0.3, -0.25) is 0 Å². The van der Waals surface area contributed by atoms with Crippen LogP contribution in [0.15, 0.2) is 5.51 Å². The second-order valence-electron chi connectivity index (χ2n) is 6.56. The molecule has 2 N–H and O–H groups in total. The highest BCUT2D eigenvalue weighted by molar-refractivity contribution is 7.09. The number of carbonyl (C=O) groups is 1. The number of hydrogen-bond donors (Lipinski definition) is 2. The molecule has 0 radical (unpaired) electrons. The molecule has 1 heterocycles. The van der Waals surface area contributed by atoms with Crippen molar-refractivity contribution in [1.82, 2.24) is 15.6 Å². The molecule has 0 aliphatic rings. The summed E-state index contributed by atoms with van der Waals surface area (Å²) in [7, 11) is 0. The average Bonchev–Trinajstić information content (AvgIpc) is 2.80. The Kier molecular flexibility index (Phi) is 7.29. The van der Waals surface area contributed by atoms with E-state index in [1.165, 1.54) is 4.88 Å². The van der Waals surface area contributed by atoms with Gasteiger partial charge in [-0.25, -0.2) is 9.78 Å². The molecule has 0 fully saturated rings. The van der Waals surface area contributed by atoms with Crippen LogP contribution < -0.4 is 10.6 Å². The van der Waals surface area contributed by atoms with Crippen LogP contribution in [0.5, 0.6) is 0 Å². The number of rotatable bonds is 7. The van der Waals surface area contributed by atoms with E-state index in [1.54, 1.807) is 11.3 Å². The summed E-state index contributed by atoms with van der Waals surface area (Å²) in [4.78, 5) is 17.3. The second kappa shape index (κ2) is 8.48. The fraction of sp³-hybridized carbons (Fsp3) is 0.750. The molecule has 1 rings (SSSR count). The summed E-state index contributed by atoms with van der Waals surface area (Å²) in [5, 5.41) is 6.43. The molecule has 1 aromatic heterocycles. The van der Waals surface area contributed by atoms with Gasteiger partial charge in [0, 0.05) is 23.5 Å². The lowest BCUT2D eigenvalue weighted by Crippen LogP contribution is -2.43. The van der Waals surface area contributed by atoms with Crippen LogP contribution in [0.2, 0.25) is 0 Å². The second-order valence-corrected chi connectivity index (χ2v) is 7.45. The van der Waals surface area contributed by atoms with Crippen molar-refractivity contribution >= 4 is 17.4 Å². The first-order valence-electron chi connectivity index (χ1n) is 7.85. The van der Waals surface area contributed by atoms with E-state index in [9.17, 15) is 4.79 Å². The third-order valence-electron chi connectivity index (χ3n) is 3.19. The molecule has 0 saturated heterocycles. The SMILES string of the molecule is CCCC(CNC(=O)OC(C)(C)C)NC(C)c1scnc1C. The molecule has 1 aromatic rings. The van der Waals surface area contributed by atoms with E-state index in [0.717, 1.165) is 18.5 Å². The zero-order chi connectivity index (χ0) is 16.8. The molecule has 5 nitrogen and oxygen atoms in total. The van der Waals surface area contributed by atoms with Crippen molar-refractivity contribution in [2.75, 3.05) is 6.54 Å². The Bertz CT molecular complexity index is 468. The summed E-state index contributed by atoms with van der Waals surface area (Å²) in [5.41, 5.74) is 2.47. The monoisotopic (exact) mass is 327 g/mol. The third-order valence-corrected chi connectivity index (χ3v) is 4.30. The molecule has 22 heavy (non-hydrogen) atoms. The molecule has 2 unspecified atom stereocenters. The molecular weight excluding hydrogens is 298 g/mol. The van der Waals surface area contributed by atoms with Gasteiger partial charge in [0.25, 0.3) is 0 Å². The Morgan fingerprint density at radius 1 is 1.45 bits per heavy atom. The number of hydrogen-bond acceptors (Lipinski definition) is 5. The van der Waals surface area contributed by atoms with Crippen LogP contribution >= 0.6 is 11.3 Å². The highest BCUT2D eigenvalue weighted by Crippen LogP contribution is 2.22. The molecule has 0 saturated carbocycles. The van der Waals surface area contributed by atoms with Crippen LogP contribution in [0.4, 0.5) is 4.79 Å². The number of alkyl carbamates (subject to hydrolysis) is 1. The summed E-state index contributed by atoms with van der Waals surface area (Å²) >= 11 is 1.66. The first-order chi connectivity index (χ1) is 10.2. The van der Waals surface area contributed by atoms with Crippen molar-refractivity contribution in [3.05, 3.63) is 16.1 Å². The van der Waals surface area contributed by atoms with Crippen molar-refractivity contribution in [3.63, 3.8) is 0 Å². The number of nitrogens with zero attached hydrogens (tertiary/aromatic N) is 1. The number of ether oxygens (including phenoxy) is 1. The Balaban J connectivity index is 2.51. The number of aryl methyl sites for hydroxylation is 1. The lowest BCUT2D eigenvalue weighted by atomic mass is 10.1. The summed E-state index contributed by atoms with van der Waals surface area (Å²) in [6, 6.07) is 0.443. The summed E-state index contributed by atoms with van der Waals surface area (Å²) < 4.78 is 5.28. The van der Waals surface area contributed by atoms with Crippen molar-refractivity contribution in [2.45, 2.75) is 72.1 Å². The predicted octanol–water partition coefficient (Wildman–Crippen LogP) is 3.80. The Hall–Kier alpha value is -1.14. The number of thiazole rings is 1. The summed E-state index contributed by atoms with van der Waals surface area (Å²) in [6.45, 7) is 12.5. The minimum absolute atomic E-state index is 0.217. The van der Waals surface area contributed by atoms with Gasteiger partial charge in [0.15, 0.2) is 0 Å². The number of nitrogens with one attached hydrogen (secondary N) is 2. The largest absolute Gasteiger partial charge is 0.444 e. The minimum Gasteiger partial charge on any atom is -0.444 e. The fourth-order valence-electron chi connectivity index (χ4n) is 2.27. The maximum absolute atomic E-state index is 11.8. The van der Waals surface area contributed by atoms with Gasteiger partial charge in [-0.2, -0.15) is 0 Å². The van der Waals surface area contributed by atoms with Gasteiger partial charge < -0.3 is 15.4 Å². The molecule has 0 aromatic carbocycles. The molecule has 126 valence electrons. The molecule has 1 amide bonds. The molecule has 0 aliphatic heterocycles. The van der Waals surface area contributed by atoms with Crippen LogP contribution in [0.25, 0.3) is 0 Å². The molecular formula is C16H29N3O2S. The molecule has 0 aliphatic carbocycles. The van der Waals surface area contributed by atoms with E-state index in [2.05, 4.69) is 29.5 Å². The van der Waals surface area contributed by atoms with Crippen molar-refractivity contribution in [1.29, 1.82) is 0 Å². The molecule has 0 spiro atoms.